The number of imide groups is 1. The fraction of sp³-hybridized carbons (Fsp3) is 0.462. The van der Waals surface area contributed by atoms with Crippen molar-refractivity contribution < 1.29 is 19.1 Å². The summed E-state index contributed by atoms with van der Waals surface area (Å²) in [5, 5.41) is 2.35. The van der Waals surface area contributed by atoms with Crippen LogP contribution in [-0.4, -0.2) is 63.8 Å². The maximum Gasteiger partial charge on any atom is 0.255 e. The molecule has 3 atom stereocenters. The number of carbonyl (C=O) groups excluding carboxylic acids is 3. The summed E-state index contributed by atoms with van der Waals surface area (Å²) in [7, 11) is 0. The van der Waals surface area contributed by atoms with Gasteiger partial charge >= 0.3 is 0 Å². The van der Waals surface area contributed by atoms with Crippen molar-refractivity contribution in [3.63, 3.8) is 0 Å². The number of amides is 3. The lowest BCUT2D eigenvalue weighted by Crippen LogP contribution is -2.54. The van der Waals surface area contributed by atoms with Crippen LogP contribution in [0, 0.1) is 0 Å². The van der Waals surface area contributed by atoms with E-state index in [0.29, 0.717) is 30.5 Å². The van der Waals surface area contributed by atoms with Gasteiger partial charge in [-0.15, -0.1) is 0 Å². The highest BCUT2D eigenvalue weighted by molar-refractivity contribution is 6.05. The molecule has 1 aliphatic carbocycles. The summed E-state index contributed by atoms with van der Waals surface area (Å²) < 4.78 is 6.45. The Morgan fingerprint density at radius 3 is 2.74 bits per heavy atom. The molecule has 3 amide bonds. The first-order valence-corrected chi connectivity index (χ1v) is 12.1. The van der Waals surface area contributed by atoms with Gasteiger partial charge in [0.25, 0.3) is 5.91 Å². The molecule has 3 fully saturated rings. The van der Waals surface area contributed by atoms with Crippen molar-refractivity contribution in [2.45, 2.75) is 62.8 Å². The first kappa shape index (κ1) is 21.3. The Kier molecular flexibility index (Phi) is 5.32. The zero-order chi connectivity index (χ0) is 23.2. The maximum atomic E-state index is 12.9. The van der Waals surface area contributed by atoms with Crippen molar-refractivity contribution in [2.24, 2.45) is 0 Å². The van der Waals surface area contributed by atoms with Gasteiger partial charge in [-0.3, -0.25) is 29.6 Å². The fourth-order valence-electron chi connectivity index (χ4n) is 5.87. The van der Waals surface area contributed by atoms with Crippen LogP contribution >= 0.6 is 0 Å². The summed E-state index contributed by atoms with van der Waals surface area (Å²) >= 11 is 0. The molecule has 2 saturated heterocycles. The monoisotopic (exact) mass is 460 g/mol. The van der Waals surface area contributed by atoms with E-state index < -0.39 is 6.04 Å². The number of piperidine rings is 1. The predicted octanol–water partition coefficient (Wildman–Crippen LogP) is 2.24. The zero-order valence-electron chi connectivity index (χ0n) is 19.0. The molecule has 0 bridgehead atoms. The molecule has 8 nitrogen and oxygen atoms in total. The molecule has 176 valence electrons. The van der Waals surface area contributed by atoms with Gasteiger partial charge in [0.05, 0.1) is 0 Å². The molecule has 1 unspecified atom stereocenters. The van der Waals surface area contributed by atoms with E-state index >= 15 is 0 Å². The van der Waals surface area contributed by atoms with Crippen LogP contribution in [0.1, 0.15) is 59.5 Å². The average molecular weight is 461 g/mol. The first-order chi connectivity index (χ1) is 16.6. The zero-order valence-corrected chi connectivity index (χ0v) is 19.0. The van der Waals surface area contributed by atoms with Crippen molar-refractivity contribution in [3.8, 4) is 5.75 Å². The Balaban J connectivity index is 1.11. The number of carbonyl (C=O) groups is 3. The Labute approximate surface area is 198 Å². The third kappa shape index (κ3) is 3.76. The summed E-state index contributed by atoms with van der Waals surface area (Å²) in [6, 6.07) is 9.59. The molecule has 6 rings (SSSR count). The smallest absolute Gasteiger partial charge is 0.255 e. The van der Waals surface area contributed by atoms with E-state index in [1.165, 1.54) is 5.56 Å². The number of benzene rings is 1. The van der Waals surface area contributed by atoms with Gasteiger partial charge in [-0.05, 0) is 61.1 Å². The summed E-state index contributed by atoms with van der Waals surface area (Å²) in [5.74, 6) is 0.497. The predicted molar refractivity (Wildman–Crippen MR) is 123 cm³/mol. The van der Waals surface area contributed by atoms with E-state index in [1.54, 1.807) is 4.90 Å². The molecule has 1 saturated carbocycles. The Bertz CT molecular complexity index is 1130. The van der Waals surface area contributed by atoms with Crippen molar-refractivity contribution >= 4 is 17.7 Å². The Hall–Kier alpha value is -3.26. The second kappa shape index (κ2) is 8.51. The normalized spacial score (nSPS) is 27.5. The topological polar surface area (TPSA) is 91.8 Å². The van der Waals surface area contributed by atoms with Crippen LogP contribution in [0.4, 0.5) is 0 Å². The summed E-state index contributed by atoms with van der Waals surface area (Å²) in [4.78, 5) is 45.0. The molecule has 34 heavy (non-hydrogen) atoms. The highest BCUT2D eigenvalue weighted by atomic mass is 16.5. The number of ether oxygens (including phenoxy) is 1. The summed E-state index contributed by atoms with van der Waals surface area (Å²) in [6.45, 7) is 2.44. The van der Waals surface area contributed by atoms with Gasteiger partial charge in [-0.2, -0.15) is 0 Å². The van der Waals surface area contributed by atoms with E-state index in [2.05, 4.69) is 21.3 Å². The third-order valence-corrected chi connectivity index (χ3v) is 7.73. The molecule has 1 aromatic carbocycles. The molecule has 2 aromatic rings. The van der Waals surface area contributed by atoms with Crippen LogP contribution in [0.2, 0.25) is 0 Å². The number of nitrogens with one attached hydrogen (secondary N) is 1. The Morgan fingerprint density at radius 2 is 1.94 bits per heavy atom. The van der Waals surface area contributed by atoms with Gasteiger partial charge in [0.1, 0.15) is 17.9 Å². The number of likely N-dealkylation sites (tertiary alicyclic amines) is 1. The minimum atomic E-state index is -0.597. The lowest BCUT2D eigenvalue weighted by Gasteiger charge is -2.45. The van der Waals surface area contributed by atoms with Crippen molar-refractivity contribution in [1.82, 2.24) is 20.1 Å². The number of hydrogen-bond acceptors (Lipinski definition) is 6. The van der Waals surface area contributed by atoms with Crippen LogP contribution in [0.5, 0.6) is 5.75 Å². The van der Waals surface area contributed by atoms with Crippen molar-refractivity contribution in [2.75, 3.05) is 13.1 Å². The second-order valence-electron chi connectivity index (χ2n) is 9.81. The quantitative estimate of drug-likeness (QED) is 0.688. The van der Waals surface area contributed by atoms with Gasteiger partial charge in [-0.25, -0.2) is 0 Å². The number of aromatic nitrogens is 1. The SMILES string of the molecule is O=C1CCC(N2Cc3cc(O[C@H]4CCC[C@@H]4N4CC(c5cccnc5)C4)ccc3C2=O)C(=O)N1. The van der Waals surface area contributed by atoms with Gasteiger partial charge in [-0.1, -0.05) is 6.07 Å². The first-order valence-electron chi connectivity index (χ1n) is 12.1. The molecule has 0 radical (unpaired) electrons. The van der Waals surface area contributed by atoms with Gasteiger partial charge < -0.3 is 9.64 Å². The minimum Gasteiger partial charge on any atom is -0.489 e. The molecule has 1 aromatic heterocycles. The molecule has 4 aliphatic rings. The van der Waals surface area contributed by atoms with E-state index in [4.69, 9.17) is 4.74 Å². The maximum absolute atomic E-state index is 12.9. The average Bonchev–Trinajstić information content (AvgIpc) is 3.38. The summed E-state index contributed by atoms with van der Waals surface area (Å²) in [6.07, 6.45) is 7.85. The van der Waals surface area contributed by atoms with Gasteiger partial charge in [0, 0.05) is 56.0 Å². The molecular weight excluding hydrogens is 432 g/mol. The van der Waals surface area contributed by atoms with Crippen LogP contribution in [-0.2, 0) is 16.1 Å². The third-order valence-electron chi connectivity index (χ3n) is 7.73. The van der Waals surface area contributed by atoms with Crippen LogP contribution in [0.3, 0.4) is 0 Å². The lowest BCUT2D eigenvalue weighted by molar-refractivity contribution is -0.136. The van der Waals surface area contributed by atoms with Crippen LogP contribution in [0.15, 0.2) is 42.7 Å². The number of hydrogen-bond donors (Lipinski definition) is 1. The second-order valence-corrected chi connectivity index (χ2v) is 9.81. The number of nitrogens with zero attached hydrogens (tertiary/aromatic N) is 3. The van der Waals surface area contributed by atoms with E-state index in [0.717, 1.165) is 43.7 Å². The van der Waals surface area contributed by atoms with E-state index in [-0.39, 0.29) is 30.2 Å². The molecule has 1 N–H and O–H groups in total. The van der Waals surface area contributed by atoms with E-state index in [1.807, 2.05) is 36.7 Å². The van der Waals surface area contributed by atoms with Crippen LogP contribution in [0.25, 0.3) is 0 Å². The van der Waals surface area contributed by atoms with Crippen molar-refractivity contribution in [1.29, 1.82) is 0 Å². The summed E-state index contributed by atoms with van der Waals surface area (Å²) in [5.41, 5.74) is 2.79. The van der Waals surface area contributed by atoms with Crippen molar-refractivity contribution in [3.05, 3.63) is 59.4 Å². The molecule has 4 heterocycles. The Morgan fingerprint density at radius 1 is 1.06 bits per heavy atom. The number of fused-ring (bicyclic) bond motifs is 1. The standard InChI is InChI=1S/C26H28N4O4/c31-24-9-8-22(25(32)28-24)30-15-17-11-19(6-7-20(17)26(30)33)34-23-5-1-4-21(23)29-13-18(14-29)16-3-2-10-27-12-16/h2-3,6-7,10-12,18,21-23H,1,4-5,8-9,13-15H2,(H,28,31,32)/t21-,22?,23-/m0/s1. The molecule has 8 heteroatoms. The molecular formula is C26H28N4O4. The van der Waals surface area contributed by atoms with Crippen LogP contribution < -0.4 is 10.1 Å². The van der Waals surface area contributed by atoms with Gasteiger partial charge in [0.15, 0.2) is 0 Å². The largest absolute Gasteiger partial charge is 0.489 e. The number of pyridine rings is 1. The molecule has 0 spiro atoms. The lowest BCUT2D eigenvalue weighted by atomic mass is 9.90. The minimum absolute atomic E-state index is 0.135. The fourth-order valence-corrected chi connectivity index (χ4v) is 5.87. The van der Waals surface area contributed by atoms with E-state index in [9.17, 15) is 14.4 Å². The molecule has 3 aliphatic heterocycles. The van der Waals surface area contributed by atoms with Gasteiger partial charge in [0.2, 0.25) is 11.8 Å². The highest BCUT2D eigenvalue weighted by Gasteiger charge is 2.42. The highest BCUT2D eigenvalue weighted by Crippen LogP contribution is 2.37. The number of rotatable bonds is 5.